The average Bonchev–Trinajstić information content (AvgIpc) is 2.70. The van der Waals surface area contributed by atoms with Gasteiger partial charge in [-0.3, -0.25) is 0 Å². The van der Waals surface area contributed by atoms with E-state index in [0.29, 0.717) is 6.04 Å². The van der Waals surface area contributed by atoms with Crippen LogP contribution in [-0.2, 0) is 13.0 Å². The zero-order chi connectivity index (χ0) is 13.5. The quantitative estimate of drug-likeness (QED) is 0.797. The number of rotatable bonds is 6. The summed E-state index contributed by atoms with van der Waals surface area (Å²) in [4.78, 5) is 4.55. The zero-order valence-electron chi connectivity index (χ0n) is 12.6. The molecule has 1 N–H and O–H groups in total. The first-order chi connectivity index (χ1) is 9.35. The van der Waals surface area contributed by atoms with Crippen molar-refractivity contribution < 1.29 is 0 Å². The lowest BCUT2D eigenvalue weighted by Gasteiger charge is -2.27. The van der Waals surface area contributed by atoms with E-state index < -0.39 is 0 Å². The largest absolute Gasteiger partial charge is 0.335 e. The highest BCUT2D eigenvalue weighted by atomic mass is 15.1. The number of aromatic nitrogens is 2. The summed E-state index contributed by atoms with van der Waals surface area (Å²) < 4.78 is 2.28. The molecule has 0 aromatic carbocycles. The standard InChI is InChI=1S/C16H29N3/c1-3-17-15(14-9-7-5-6-8-10-14)13-16-18-11-12-19(16)4-2/h11-12,14-15,17H,3-10,13H2,1-2H3. The van der Waals surface area contributed by atoms with Crippen LogP contribution in [0.15, 0.2) is 12.4 Å². The molecule has 0 amide bonds. The van der Waals surface area contributed by atoms with Gasteiger partial charge in [-0.1, -0.05) is 32.6 Å². The van der Waals surface area contributed by atoms with Crippen molar-refractivity contribution in [3.05, 3.63) is 18.2 Å². The molecule has 0 bridgehead atoms. The predicted molar refractivity (Wildman–Crippen MR) is 80.3 cm³/mol. The van der Waals surface area contributed by atoms with Crippen LogP contribution >= 0.6 is 0 Å². The average molecular weight is 263 g/mol. The summed E-state index contributed by atoms with van der Waals surface area (Å²) in [5.41, 5.74) is 0. The highest BCUT2D eigenvalue weighted by Gasteiger charge is 2.23. The molecule has 1 fully saturated rings. The number of nitrogens with zero attached hydrogens (tertiary/aromatic N) is 2. The molecule has 1 unspecified atom stereocenters. The van der Waals surface area contributed by atoms with Crippen LogP contribution in [-0.4, -0.2) is 22.1 Å². The first-order valence-electron chi connectivity index (χ1n) is 8.08. The minimum atomic E-state index is 0.607. The van der Waals surface area contributed by atoms with E-state index in [2.05, 4.69) is 34.9 Å². The molecular formula is C16H29N3. The van der Waals surface area contributed by atoms with Gasteiger partial charge in [0.25, 0.3) is 0 Å². The van der Waals surface area contributed by atoms with Crippen molar-refractivity contribution in [1.82, 2.24) is 14.9 Å². The van der Waals surface area contributed by atoms with Crippen LogP contribution in [0.25, 0.3) is 0 Å². The molecule has 1 aromatic heterocycles. The Morgan fingerprint density at radius 2 is 2.00 bits per heavy atom. The molecular weight excluding hydrogens is 234 g/mol. The highest BCUT2D eigenvalue weighted by molar-refractivity contribution is 4.97. The van der Waals surface area contributed by atoms with E-state index in [9.17, 15) is 0 Å². The van der Waals surface area contributed by atoms with E-state index in [1.54, 1.807) is 0 Å². The summed E-state index contributed by atoms with van der Waals surface area (Å²) in [6.07, 6.45) is 13.6. The smallest absolute Gasteiger partial charge is 0.110 e. The van der Waals surface area contributed by atoms with Crippen molar-refractivity contribution in [2.45, 2.75) is 71.4 Å². The van der Waals surface area contributed by atoms with Gasteiger partial charge in [-0.2, -0.15) is 0 Å². The van der Waals surface area contributed by atoms with Crippen molar-refractivity contribution in [2.75, 3.05) is 6.54 Å². The third-order valence-corrected chi connectivity index (χ3v) is 4.48. The Balaban J connectivity index is 2.02. The van der Waals surface area contributed by atoms with Gasteiger partial charge in [0.05, 0.1) is 0 Å². The van der Waals surface area contributed by atoms with Gasteiger partial charge >= 0.3 is 0 Å². The van der Waals surface area contributed by atoms with Crippen LogP contribution in [0.1, 0.15) is 58.2 Å². The van der Waals surface area contributed by atoms with Crippen LogP contribution < -0.4 is 5.32 Å². The number of aryl methyl sites for hydroxylation is 1. The summed E-state index contributed by atoms with van der Waals surface area (Å²) in [5, 5.41) is 3.72. The van der Waals surface area contributed by atoms with E-state index in [-0.39, 0.29) is 0 Å². The van der Waals surface area contributed by atoms with Crippen molar-refractivity contribution in [3.8, 4) is 0 Å². The molecule has 1 aliphatic carbocycles. The zero-order valence-corrected chi connectivity index (χ0v) is 12.6. The summed E-state index contributed by atoms with van der Waals surface area (Å²) >= 11 is 0. The third-order valence-electron chi connectivity index (χ3n) is 4.48. The molecule has 0 saturated heterocycles. The molecule has 0 spiro atoms. The lowest BCUT2D eigenvalue weighted by molar-refractivity contribution is 0.315. The molecule has 1 aromatic rings. The second-order valence-electron chi connectivity index (χ2n) is 5.75. The monoisotopic (exact) mass is 263 g/mol. The van der Waals surface area contributed by atoms with Gasteiger partial charge in [-0.05, 0) is 32.2 Å². The summed E-state index contributed by atoms with van der Waals surface area (Å²) in [7, 11) is 0. The van der Waals surface area contributed by atoms with Crippen LogP contribution in [0.5, 0.6) is 0 Å². The molecule has 0 aliphatic heterocycles. The van der Waals surface area contributed by atoms with Gasteiger partial charge in [0.15, 0.2) is 0 Å². The molecule has 0 radical (unpaired) electrons. The number of hydrogen-bond donors (Lipinski definition) is 1. The van der Waals surface area contributed by atoms with Gasteiger partial charge < -0.3 is 9.88 Å². The van der Waals surface area contributed by atoms with E-state index in [4.69, 9.17) is 0 Å². The van der Waals surface area contributed by atoms with Gasteiger partial charge in [0, 0.05) is 31.4 Å². The van der Waals surface area contributed by atoms with Gasteiger partial charge in [-0.15, -0.1) is 0 Å². The normalized spacial score (nSPS) is 19.3. The second-order valence-corrected chi connectivity index (χ2v) is 5.75. The van der Waals surface area contributed by atoms with E-state index in [0.717, 1.165) is 25.4 Å². The molecule has 1 atom stereocenters. The molecule has 108 valence electrons. The molecule has 1 saturated carbocycles. The lowest BCUT2D eigenvalue weighted by atomic mass is 9.89. The number of imidazole rings is 1. The topological polar surface area (TPSA) is 29.9 Å². The maximum absolute atomic E-state index is 4.55. The van der Waals surface area contributed by atoms with Crippen molar-refractivity contribution in [3.63, 3.8) is 0 Å². The molecule has 1 aliphatic rings. The fourth-order valence-corrected chi connectivity index (χ4v) is 3.40. The Labute approximate surface area is 117 Å². The maximum atomic E-state index is 4.55. The van der Waals surface area contributed by atoms with E-state index in [1.165, 1.54) is 44.3 Å². The molecule has 3 nitrogen and oxygen atoms in total. The van der Waals surface area contributed by atoms with Crippen molar-refractivity contribution in [2.24, 2.45) is 5.92 Å². The minimum absolute atomic E-state index is 0.607. The van der Waals surface area contributed by atoms with E-state index >= 15 is 0 Å². The van der Waals surface area contributed by atoms with Crippen molar-refractivity contribution >= 4 is 0 Å². The minimum Gasteiger partial charge on any atom is -0.335 e. The third kappa shape index (κ3) is 4.07. The molecule has 3 heteroatoms. The Morgan fingerprint density at radius 3 is 2.63 bits per heavy atom. The lowest BCUT2D eigenvalue weighted by Crippen LogP contribution is -2.38. The Morgan fingerprint density at radius 1 is 1.26 bits per heavy atom. The fourth-order valence-electron chi connectivity index (χ4n) is 3.40. The summed E-state index contributed by atoms with van der Waals surface area (Å²) in [5.74, 6) is 2.09. The first-order valence-corrected chi connectivity index (χ1v) is 8.08. The maximum Gasteiger partial charge on any atom is 0.110 e. The van der Waals surface area contributed by atoms with Crippen LogP contribution in [0.4, 0.5) is 0 Å². The Bertz CT molecular complexity index is 351. The number of likely N-dealkylation sites (N-methyl/N-ethyl adjacent to an activating group) is 1. The Kier molecular flexibility index (Phi) is 5.90. The van der Waals surface area contributed by atoms with Gasteiger partial charge in [-0.25, -0.2) is 4.98 Å². The fraction of sp³-hybridized carbons (Fsp3) is 0.812. The van der Waals surface area contributed by atoms with Crippen LogP contribution in [0, 0.1) is 5.92 Å². The van der Waals surface area contributed by atoms with Crippen LogP contribution in [0.3, 0.4) is 0 Å². The Hall–Kier alpha value is -0.830. The summed E-state index contributed by atoms with van der Waals surface area (Å²) in [6, 6.07) is 0.607. The summed E-state index contributed by atoms with van der Waals surface area (Å²) in [6.45, 7) is 6.50. The van der Waals surface area contributed by atoms with Gasteiger partial charge in [0.1, 0.15) is 5.82 Å². The SMILES string of the molecule is CCNC(Cc1nccn1CC)C1CCCCCC1. The van der Waals surface area contributed by atoms with Gasteiger partial charge in [0.2, 0.25) is 0 Å². The second kappa shape index (κ2) is 7.68. The van der Waals surface area contributed by atoms with E-state index in [1.807, 2.05) is 6.20 Å². The van der Waals surface area contributed by atoms with Crippen LogP contribution in [0.2, 0.25) is 0 Å². The number of hydrogen-bond acceptors (Lipinski definition) is 2. The highest BCUT2D eigenvalue weighted by Crippen LogP contribution is 2.27. The van der Waals surface area contributed by atoms with Crippen molar-refractivity contribution in [1.29, 1.82) is 0 Å². The number of nitrogens with one attached hydrogen (secondary N) is 1. The predicted octanol–water partition coefficient (Wildman–Crippen LogP) is 3.39. The molecule has 1 heterocycles. The molecule has 19 heavy (non-hydrogen) atoms. The molecule has 2 rings (SSSR count). The first kappa shape index (κ1) is 14.6.